The molecule has 3 atom stereocenters. The molecule has 5 rings (SSSR count). The van der Waals surface area contributed by atoms with Crippen molar-refractivity contribution >= 4 is 15.9 Å². The van der Waals surface area contributed by atoms with Crippen LogP contribution in [-0.4, -0.2) is 56.6 Å². The molecule has 0 aromatic heterocycles. The van der Waals surface area contributed by atoms with Crippen LogP contribution in [0.2, 0.25) is 0 Å². The van der Waals surface area contributed by atoms with Crippen molar-refractivity contribution in [2.45, 2.75) is 50.7 Å². The monoisotopic (exact) mass is 493 g/mol. The molecule has 1 saturated carbocycles. The van der Waals surface area contributed by atoms with Gasteiger partial charge in [0.1, 0.15) is 11.9 Å². The number of hydrogen-bond acceptors (Lipinski definition) is 4. The Labute approximate surface area is 202 Å². The van der Waals surface area contributed by atoms with Crippen LogP contribution in [0.5, 0.6) is 0 Å². The maximum absolute atomic E-state index is 15.9. The Kier molecular flexibility index (Phi) is 5.09. The normalized spacial score (nSPS) is 27.1. The summed E-state index contributed by atoms with van der Waals surface area (Å²) in [5.74, 6) is -0.854. The van der Waals surface area contributed by atoms with Crippen LogP contribution in [0.15, 0.2) is 42.5 Å². The van der Waals surface area contributed by atoms with Gasteiger partial charge in [-0.25, -0.2) is 21.9 Å². The number of alkyl halides is 1. The Balaban J connectivity index is 1.51. The molecular formula is C25H28F2N2O4S. The lowest BCUT2D eigenvalue weighted by atomic mass is 9.91. The van der Waals surface area contributed by atoms with Gasteiger partial charge < -0.3 is 9.64 Å². The Bertz CT molecular complexity index is 1310. The quantitative estimate of drug-likeness (QED) is 0.642. The Morgan fingerprint density at radius 2 is 2.06 bits per heavy atom. The van der Waals surface area contributed by atoms with Crippen molar-refractivity contribution < 1.29 is 30.8 Å². The van der Waals surface area contributed by atoms with Crippen LogP contribution >= 0.6 is 0 Å². The fourth-order valence-electron chi connectivity index (χ4n) is 5.16. The van der Waals surface area contributed by atoms with Crippen LogP contribution < -0.4 is 4.72 Å². The number of aryl methyl sites for hydroxylation is 1. The van der Waals surface area contributed by atoms with E-state index in [2.05, 4.69) is 4.72 Å². The first-order chi connectivity index (χ1) is 17.4. The number of nitrogens with one attached hydrogen (secondary N) is 1. The average molecular weight is 494 g/mol. The molecule has 3 fully saturated rings. The van der Waals surface area contributed by atoms with E-state index in [9.17, 15) is 17.6 Å². The largest absolute Gasteiger partial charge is 0.368 e. The van der Waals surface area contributed by atoms with Gasteiger partial charge in [0, 0.05) is 34.1 Å². The topological polar surface area (TPSA) is 75.7 Å². The molecule has 34 heavy (non-hydrogen) atoms. The molecule has 2 heterocycles. The van der Waals surface area contributed by atoms with E-state index in [4.69, 9.17) is 8.85 Å². The summed E-state index contributed by atoms with van der Waals surface area (Å²) in [5, 5.41) is 0. The highest BCUT2D eigenvalue weighted by atomic mass is 32.2. The summed E-state index contributed by atoms with van der Waals surface area (Å²) in [7, 11) is -4.23. The van der Waals surface area contributed by atoms with Gasteiger partial charge >= 0.3 is 0 Å². The molecule has 2 aromatic rings. The van der Waals surface area contributed by atoms with Gasteiger partial charge in [-0.05, 0) is 37.2 Å². The van der Waals surface area contributed by atoms with E-state index in [-0.39, 0.29) is 35.6 Å². The minimum Gasteiger partial charge on any atom is -0.368 e. The standard InChI is InChI=1S/C25H28F2N2O4S/c1-16-4-2-5-17(12-16)19-7-3-6-18(22(19)27)13-20-23(28-34(31,32)15-26)25(9-10-25)14-29(20)24(30)21-8-11-33-21/h2-7,12,20-21,23,28H,8-11,13-15H2,1H3/t20-,21?,23+/m0/s1/i1D3. The molecule has 2 aliphatic heterocycles. The van der Waals surface area contributed by atoms with Gasteiger partial charge in [-0.15, -0.1) is 0 Å². The Morgan fingerprint density at radius 1 is 1.29 bits per heavy atom. The number of carbonyl (C=O) groups excluding carboxylic acids is 1. The van der Waals surface area contributed by atoms with Gasteiger partial charge in [0.15, 0.2) is 0 Å². The van der Waals surface area contributed by atoms with Crippen LogP contribution in [0.3, 0.4) is 0 Å². The van der Waals surface area contributed by atoms with E-state index >= 15 is 4.39 Å². The average Bonchev–Trinajstić information content (AvgIpc) is 3.54. The third-order valence-electron chi connectivity index (χ3n) is 7.21. The summed E-state index contributed by atoms with van der Waals surface area (Å²) in [6.07, 6.45) is 1.28. The summed E-state index contributed by atoms with van der Waals surface area (Å²) >= 11 is 0. The molecular weight excluding hydrogens is 462 g/mol. The highest BCUT2D eigenvalue weighted by Crippen LogP contribution is 2.56. The van der Waals surface area contributed by atoms with E-state index in [0.29, 0.717) is 31.4 Å². The first kappa shape index (κ1) is 19.9. The maximum Gasteiger partial charge on any atom is 0.252 e. The zero-order chi connectivity index (χ0) is 26.6. The van der Waals surface area contributed by atoms with Crippen molar-refractivity contribution in [3.05, 3.63) is 59.4 Å². The fourth-order valence-corrected chi connectivity index (χ4v) is 6.02. The second kappa shape index (κ2) is 8.70. The van der Waals surface area contributed by atoms with Gasteiger partial charge in [-0.1, -0.05) is 48.0 Å². The van der Waals surface area contributed by atoms with Gasteiger partial charge in [-0.3, -0.25) is 4.79 Å². The number of benzene rings is 2. The van der Waals surface area contributed by atoms with E-state index in [1.54, 1.807) is 35.2 Å². The van der Waals surface area contributed by atoms with E-state index in [0.717, 1.165) is 0 Å². The molecule has 182 valence electrons. The number of nitrogens with zero attached hydrogens (tertiary/aromatic N) is 1. The highest BCUT2D eigenvalue weighted by Gasteiger charge is 2.62. The van der Waals surface area contributed by atoms with Crippen LogP contribution in [0.1, 0.15) is 34.5 Å². The molecule has 2 aromatic carbocycles. The number of hydrogen-bond donors (Lipinski definition) is 1. The zero-order valence-electron chi connectivity index (χ0n) is 21.5. The third kappa shape index (κ3) is 4.25. The first-order valence-corrected chi connectivity index (χ1v) is 13.0. The van der Waals surface area contributed by atoms with Crippen LogP contribution in [0, 0.1) is 18.1 Å². The smallest absolute Gasteiger partial charge is 0.252 e. The van der Waals surface area contributed by atoms with Gasteiger partial charge in [0.2, 0.25) is 16.0 Å². The highest BCUT2D eigenvalue weighted by molar-refractivity contribution is 7.89. The van der Waals surface area contributed by atoms with Crippen molar-refractivity contribution in [1.29, 1.82) is 0 Å². The summed E-state index contributed by atoms with van der Waals surface area (Å²) in [4.78, 5) is 14.8. The van der Waals surface area contributed by atoms with Crippen LogP contribution in [0.4, 0.5) is 8.78 Å². The number of halogens is 2. The minimum absolute atomic E-state index is 0.00167. The number of ether oxygens (including phenoxy) is 1. The maximum atomic E-state index is 15.9. The minimum atomic E-state index is -4.23. The van der Waals surface area contributed by atoms with E-state index < -0.39 is 52.3 Å². The number of sulfonamides is 1. The Morgan fingerprint density at radius 3 is 2.71 bits per heavy atom. The molecule has 6 nitrogen and oxygen atoms in total. The number of carbonyl (C=O) groups is 1. The molecule has 1 aliphatic carbocycles. The van der Waals surface area contributed by atoms with Gasteiger partial charge in [-0.2, -0.15) is 0 Å². The van der Waals surface area contributed by atoms with E-state index in [1.807, 2.05) is 0 Å². The lowest BCUT2D eigenvalue weighted by molar-refractivity contribution is -0.157. The third-order valence-corrected chi connectivity index (χ3v) is 8.11. The first-order valence-electron chi connectivity index (χ1n) is 12.8. The molecule has 0 radical (unpaired) electrons. The lowest BCUT2D eigenvalue weighted by Crippen LogP contribution is -2.53. The molecule has 1 N–H and O–H groups in total. The summed E-state index contributed by atoms with van der Waals surface area (Å²) in [5.41, 5.74) is 0.400. The van der Waals surface area contributed by atoms with Crippen LogP contribution in [0.25, 0.3) is 11.1 Å². The van der Waals surface area contributed by atoms with Crippen molar-refractivity contribution in [3.63, 3.8) is 0 Å². The number of likely N-dealkylation sites (tertiary alicyclic amines) is 1. The number of rotatable bonds is 7. The molecule has 0 bridgehead atoms. The fraction of sp³-hybridized carbons (Fsp3) is 0.480. The van der Waals surface area contributed by atoms with Gasteiger partial charge in [0.05, 0.1) is 12.6 Å². The molecule has 1 unspecified atom stereocenters. The molecule has 2 saturated heterocycles. The van der Waals surface area contributed by atoms with E-state index in [1.165, 1.54) is 12.1 Å². The second-order valence-electron chi connectivity index (χ2n) is 9.43. The van der Waals surface area contributed by atoms with Crippen molar-refractivity contribution in [3.8, 4) is 11.1 Å². The predicted molar refractivity (Wildman–Crippen MR) is 124 cm³/mol. The van der Waals surface area contributed by atoms with Crippen LogP contribution in [-0.2, 0) is 26.0 Å². The molecule has 9 heteroatoms. The molecule has 1 amide bonds. The predicted octanol–water partition coefficient (Wildman–Crippen LogP) is 3.34. The number of amides is 1. The van der Waals surface area contributed by atoms with Crippen molar-refractivity contribution in [2.24, 2.45) is 5.41 Å². The van der Waals surface area contributed by atoms with Crippen molar-refractivity contribution in [2.75, 3.05) is 19.2 Å². The zero-order valence-corrected chi connectivity index (χ0v) is 19.3. The lowest BCUT2D eigenvalue weighted by Gasteiger charge is -2.34. The summed E-state index contributed by atoms with van der Waals surface area (Å²) in [6.45, 7) is -1.60. The summed E-state index contributed by atoms with van der Waals surface area (Å²) < 4.78 is 84.4. The molecule has 3 aliphatic rings. The summed E-state index contributed by atoms with van der Waals surface area (Å²) in [6, 6.07) is 7.71. The van der Waals surface area contributed by atoms with Crippen molar-refractivity contribution in [1.82, 2.24) is 9.62 Å². The van der Waals surface area contributed by atoms with Gasteiger partial charge in [0.25, 0.3) is 5.91 Å². The second-order valence-corrected chi connectivity index (χ2v) is 11.1. The molecule has 1 spiro atoms. The SMILES string of the molecule is [2H]C([2H])([2H])c1cccc(-c2cccc(C[C@H]3[C@@H](NS(=O)(=O)CF)C4(CC4)CN3C(=O)C3CCO3)c2F)c1. The Hall–Kier alpha value is -2.36.